The van der Waals surface area contributed by atoms with Crippen molar-refractivity contribution in [3.8, 4) is 28.1 Å². The maximum absolute atomic E-state index is 11.6. The molecule has 8 nitrogen and oxygen atoms in total. The van der Waals surface area contributed by atoms with Crippen LogP contribution in [0.15, 0.2) is 88.3 Å². The van der Waals surface area contributed by atoms with Crippen molar-refractivity contribution in [1.29, 1.82) is 0 Å². The minimum absolute atomic E-state index is 0.0225. The Kier molecular flexibility index (Phi) is 6.76. The Hall–Kier alpha value is -3.95. The molecule has 0 unspecified atom stereocenters. The zero-order valence-corrected chi connectivity index (χ0v) is 19.1. The molecule has 1 heterocycles. The predicted molar refractivity (Wildman–Crippen MR) is 126 cm³/mol. The van der Waals surface area contributed by atoms with Crippen LogP contribution in [0, 0.1) is 0 Å². The number of benzene rings is 3. The maximum Gasteiger partial charge on any atom is 0.337 e. The van der Waals surface area contributed by atoms with Gasteiger partial charge < -0.3 is 14.0 Å². The molecule has 0 fully saturated rings. The number of primary sulfonamides is 1. The van der Waals surface area contributed by atoms with Gasteiger partial charge in [0.1, 0.15) is 17.2 Å². The number of aromatic nitrogens is 1. The summed E-state index contributed by atoms with van der Waals surface area (Å²) in [6.45, 7) is 0.295. The number of carbonyl (C=O) groups is 1. The Balaban J connectivity index is 1.59. The van der Waals surface area contributed by atoms with Gasteiger partial charge in [0, 0.05) is 12.0 Å². The van der Waals surface area contributed by atoms with Crippen molar-refractivity contribution in [2.45, 2.75) is 11.3 Å². The fraction of sp³-hybridized carbons (Fsp3) is 0.120. The topological polar surface area (TPSA) is 122 Å². The number of nitrogens with two attached hydrogens (primary N) is 1. The predicted octanol–water partition coefficient (Wildman–Crippen LogP) is 4.06. The van der Waals surface area contributed by atoms with Crippen molar-refractivity contribution in [2.75, 3.05) is 13.7 Å². The lowest BCUT2D eigenvalue weighted by Crippen LogP contribution is -2.11. The lowest BCUT2D eigenvalue weighted by Gasteiger charge is -2.08. The van der Waals surface area contributed by atoms with Crippen LogP contribution in [0.4, 0.5) is 0 Å². The van der Waals surface area contributed by atoms with Crippen LogP contribution >= 0.6 is 0 Å². The summed E-state index contributed by atoms with van der Waals surface area (Å²) in [6.07, 6.45) is 0.408. The molecule has 0 aliphatic carbocycles. The third-order valence-electron chi connectivity index (χ3n) is 5.15. The first-order valence-corrected chi connectivity index (χ1v) is 11.9. The Morgan fingerprint density at radius 2 is 1.62 bits per heavy atom. The molecular weight excluding hydrogens is 456 g/mol. The maximum atomic E-state index is 11.6. The molecule has 0 bridgehead atoms. The number of rotatable bonds is 8. The van der Waals surface area contributed by atoms with E-state index in [0.29, 0.717) is 35.8 Å². The van der Waals surface area contributed by atoms with Gasteiger partial charge in [0.15, 0.2) is 0 Å². The van der Waals surface area contributed by atoms with E-state index in [1.165, 1.54) is 19.2 Å². The summed E-state index contributed by atoms with van der Waals surface area (Å²) in [6, 6.07) is 22.4. The summed E-state index contributed by atoms with van der Waals surface area (Å²) in [5, 5.41) is 9.51. The first-order chi connectivity index (χ1) is 16.4. The number of hydrogen-bond donors (Lipinski definition) is 1. The van der Waals surface area contributed by atoms with E-state index >= 15 is 0 Å². The highest BCUT2D eigenvalue weighted by atomic mass is 32.2. The lowest BCUT2D eigenvalue weighted by atomic mass is 9.98. The second-order valence-electron chi connectivity index (χ2n) is 7.38. The first-order valence-electron chi connectivity index (χ1n) is 10.3. The third kappa shape index (κ3) is 5.16. The largest absolute Gasteiger partial charge is 0.493 e. The molecular formula is C25H22N2O6S. The van der Waals surface area contributed by atoms with E-state index in [0.717, 1.165) is 16.7 Å². The molecule has 34 heavy (non-hydrogen) atoms. The number of carbonyl (C=O) groups excluding carboxylic acids is 1. The second-order valence-corrected chi connectivity index (χ2v) is 8.94. The van der Waals surface area contributed by atoms with E-state index in [9.17, 15) is 13.2 Å². The average molecular weight is 479 g/mol. The van der Waals surface area contributed by atoms with Gasteiger partial charge in [-0.2, -0.15) is 0 Å². The smallest absolute Gasteiger partial charge is 0.337 e. The third-order valence-corrected chi connectivity index (χ3v) is 6.08. The molecule has 0 saturated heterocycles. The van der Waals surface area contributed by atoms with E-state index in [1.54, 1.807) is 36.4 Å². The molecule has 0 aliphatic heterocycles. The normalized spacial score (nSPS) is 11.2. The van der Waals surface area contributed by atoms with Gasteiger partial charge in [-0.05, 0) is 42.0 Å². The van der Waals surface area contributed by atoms with Crippen molar-refractivity contribution in [3.05, 3.63) is 90.2 Å². The van der Waals surface area contributed by atoms with Gasteiger partial charge in [0.25, 0.3) is 0 Å². The van der Waals surface area contributed by atoms with Crippen molar-refractivity contribution < 1.29 is 27.2 Å². The lowest BCUT2D eigenvalue weighted by molar-refractivity contribution is 0.0600. The van der Waals surface area contributed by atoms with Crippen LogP contribution in [0.3, 0.4) is 0 Å². The molecule has 0 spiro atoms. The van der Waals surface area contributed by atoms with Crippen LogP contribution in [-0.4, -0.2) is 33.3 Å². The molecule has 0 saturated carbocycles. The summed E-state index contributed by atoms with van der Waals surface area (Å²) >= 11 is 0. The number of methoxy groups -OCH3 is 1. The van der Waals surface area contributed by atoms with Crippen molar-refractivity contribution in [1.82, 2.24) is 5.16 Å². The molecule has 4 rings (SSSR count). The Bertz CT molecular complexity index is 1380. The van der Waals surface area contributed by atoms with Gasteiger partial charge in [0.2, 0.25) is 10.0 Å². The molecule has 174 valence electrons. The highest BCUT2D eigenvalue weighted by Gasteiger charge is 2.20. The highest BCUT2D eigenvalue weighted by Crippen LogP contribution is 2.35. The minimum atomic E-state index is -3.80. The number of sulfonamides is 1. The summed E-state index contributed by atoms with van der Waals surface area (Å²) in [5.41, 5.74) is 3.42. The SMILES string of the molecule is COC(=O)c1ccc(OCCc2onc(-c3ccccc3)c2-c2ccc(S(N)(=O)=O)cc2)cc1. The monoisotopic (exact) mass is 478 g/mol. The fourth-order valence-corrected chi connectivity index (χ4v) is 3.98. The molecule has 2 N–H and O–H groups in total. The Labute approximate surface area is 197 Å². The molecule has 3 aromatic carbocycles. The van der Waals surface area contributed by atoms with Gasteiger partial charge in [-0.3, -0.25) is 0 Å². The Morgan fingerprint density at radius 3 is 2.24 bits per heavy atom. The first kappa shape index (κ1) is 23.2. The molecule has 0 atom stereocenters. The van der Waals surface area contributed by atoms with E-state index in [-0.39, 0.29) is 4.90 Å². The molecule has 0 amide bonds. The summed E-state index contributed by atoms with van der Waals surface area (Å²) in [4.78, 5) is 11.6. The van der Waals surface area contributed by atoms with Crippen LogP contribution < -0.4 is 9.88 Å². The molecule has 0 aliphatic rings. The van der Waals surface area contributed by atoms with Crippen LogP contribution in [0.5, 0.6) is 5.75 Å². The molecule has 9 heteroatoms. The van der Waals surface area contributed by atoms with Gasteiger partial charge >= 0.3 is 5.97 Å². The van der Waals surface area contributed by atoms with E-state index < -0.39 is 16.0 Å². The second kappa shape index (κ2) is 9.90. The van der Waals surface area contributed by atoms with E-state index in [4.69, 9.17) is 19.1 Å². The quantitative estimate of drug-likeness (QED) is 0.379. The fourth-order valence-electron chi connectivity index (χ4n) is 3.46. The van der Waals surface area contributed by atoms with Gasteiger partial charge in [-0.1, -0.05) is 47.6 Å². The van der Waals surface area contributed by atoms with E-state index in [1.807, 2.05) is 30.3 Å². The minimum Gasteiger partial charge on any atom is -0.493 e. The summed E-state index contributed by atoms with van der Waals surface area (Å²) in [7, 11) is -2.48. The molecule has 0 radical (unpaired) electrons. The van der Waals surface area contributed by atoms with Gasteiger partial charge in [-0.25, -0.2) is 18.4 Å². The number of hydrogen-bond acceptors (Lipinski definition) is 7. The standard InChI is InChI=1S/C25H22N2O6S/c1-31-25(28)19-7-11-20(12-8-19)32-16-15-22-23(17-9-13-21(14-10-17)34(26,29)30)24(27-33-22)18-5-3-2-4-6-18/h2-14H,15-16H2,1H3,(H2,26,29,30). The highest BCUT2D eigenvalue weighted by molar-refractivity contribution is 7.89. The number of ether oxygens (including phenoxy) is 2. The van der Waals surface area contributed by atoms with Gasteiger partial charge in [0.05, 0.1) is 29.7 Å². The van der Waals surface area contributed by atoms with Crippen molar-refractivity contribution >= 4 is 16.0 Å². The van der Waals surface area contributed by atoms with Crippen LogP contribution in [-0.2, 0) is 21.2 Å². The Morgan fingerprint density at radius 1 is 0.941 bits per heavy atom. The van der Waals surface area contributed by atoms with Crippen LogP contribution in [0.25, 0.3) is 22.4 Å². The van der Waals surface area contributed by atoms with Crippen LogP contribution in [0.2, 0.25) is 0 Å². The zero-order valence-electron chi connectivity index (χ0n) is 18.3. The van der Waals surface area contributed by atoms with Crippen molar-refractivity contribution in [3.63, 3.8) is 0 Å². The van der Waals surface area contributed by atoms with E-state index in [2.05, 4.69) is 5.16 Å². The average Bonchev–Trinajstić information content (AvgIpc) is 3.28. The summed E-state index contributed by atoms with van der Waals surface area (Å²) < 4.78 is 39.5. The van der Waals surface area contributed by atoms with Gasteiger partial charge in [-0.15, -0.1) is 0 Å². The van der Waals surface area contributed by atoms with Crippen LogP contribution in [0.1, 0.15) is 16.1 Å². The zero-order chi connectivity index (χ0) is 24.1. The summed E-state index contributed by atoms with van der Waals surface area (Å²) in [5.74, 6) is 0.766. The molecule has 1 aromatic heterocycles. The number of esters is 1. The number of nitrogens with zero attached hydrogens (tertiary/aromatic N) is 1. The molecule has 4 aromatic rings. The van der Waals surface area contributed by atoms with Crippen molar-refractivity contribution in [2.24, 2.45) is 5.14 Å².